The van der Waals surface area contributed by atoms with E-state index in [-0.39, 0.29) is 49.4 Å². The maximum atomic E-state index is 14.2. The molecule has 5 nitrogen and oxygen atoms in total. The lowest BCUT2D eigenvalue weighted by atomic mass is 9.84. The summed E-state index contributed by atoms with van der Waals surface area (Å²) in [4.78, 5) is 35.7. The van der Waals surface area contributed by atoms with Crippen molar-refractivity contribution in [3.05, 3.63) is 35.9 Å². The zero-order valence-corrected chi connectivity index (χ0v) is 20.1. The quantitative estimate of drug-likeness (QED) is 0.262. The molecule has 0 aliphatic heterocycles. The zero-order valence-electron chi connectivity index (χ0n) is 20.1. The van der Waals surface area contributed by atoms with E-state index in [1.807, 2.05) is 37.3 Å². The number of rotatable bonds is 17. The number of ether oxygens (including phenoxy) is 1. The van der Waals surface area contributed by atoms with Crippen LogP contribution >= 0.6 is 0 Å². The van der Waals surface area contributed by atoms with Crippen molar-refractivity contribution >= 4 is 17.5 Å². The summed E-state index contributed by atoms with van der Waals surface area (Å²) in [6, 6.07) is 9.57. The first-order chi connectivity index (χ1) is 16.2. The molecule has 1 aliphatic carbocycles. The molecule has 0 spiro atoms. The van der Waals surface area contributed by atoms with Gasteiger partial charge >= 0.3 is 11.9 Å². The third-order valence-corrected chi connectivity index (χ3v) is 6.73. The fraction of sp³-hybridized carbons (Fsp3) is 0.667. The van der Waals surface area contributed by atoms with E-state index in [9.17, 15) is 23.2 Å². The minimum atomic E-state index is -3.32. The number of carbonyl (C=O) groups is 3. The number of aliphatic carboxylic acids is 1. The van der Waals surface area contributed by atoms with Crippen molar-refractivity contribution in [3.8, 4) is 0 Å². The first-order valence-corrected chi connectivity index (χ1v) is 12.6. The second kappa shape index (κ2) is 14.3. The summed E-state index contributed by atoms with van der Waals surface area (Å²) < 4.78 is 34.5. The Bertz CT molecular complexity index is 780. The van der Waals surface area contributed by atoms with Gasteiger partial charge in [0.05, 0.1) is 12.7 Å². The molecule has 0 unspecified atom stereocenters. The van der Waals surface area contributed by atoms with Gasteiger partial charge in [-0.25, -0.2) is 0 Å². The molecular weight excluding hydrogens is 442 g/mol. The molecule has 1 aromatic rings. The molecule has 3 atom stereocenters. The maximum Gasteiger partial charge on any atom is 0.305 e. The molecule has 0 amide bonds. The van der Waals surface area contributed by atoms with Crippen molar-refractivity contribution in [1.82, 2.24) is 0 Å². The summed E-state index contributed by atoms with van der Waals surface area (Å²) in [5.74, 6) is -5.69. The van der Waals surface area contributed by atoms with Crippen LogP contribution in [0.3, 0.4) is 0 Å². The van der Waals surface area contributed by atoms with E-state index in [4.69, 9.17) is 9.84 Å². The topological polar surface area (TPSA) is 80.7 Å². The van der Waals surface area contributed by atoms with Crippen molar-refractivity contribution < 1.29 is 33.0 Å². The molecule has 7 heteroatoms. The predicted octanol–water partition coefficient (Wildman–Crippen LogP) is 6.38. The van der Waals surface area contributed by atoms with E-state index in [1.54, 1.807) is 0 Å². The smallest absolute Gasteiger partial charge is 0.305 e. The number of ketones is 2. The second-order valence-electron chi connectivity index (χ2n) is 9.39. The summed E-state index contributed by atoms with van der Waals surface area (Å²) in [5, 5.41) is 8.74. The zero-order chi connectivity index (χ0) is 25.0. The Balaban J connectivity index is 1.97. The number of carboxylic acids is 1. The standard InChI is InChI=1S/C27H38F2O5/c1-2-3-17-27(28,29)25(31)16-15-22-21(13-9-4-5-10-14-26(32)33)23(30)18-24(22)34-19-20-11-7-6-8-12-20/h6-8,11-12,21-22,24H,2-5,9-10,13-19H2,1H3,(H,32,33)/t21-,22-,24-/m1/s1. The van der Waals surface area contributed by atoms with Gasteiger partial charge in [-0.15, -0.1) is 0 Å². The number of Topliss-reactive ketones (excluding diaryl/α,β-unsaturated/α-hetero) is 2. The van der Waals surface area contributed by atoms with Crippen LogP contribution in [0, 0.1) is 11.8 Å². The molecule has 1 fully saturated rings. The van der Waals surface area contributed by atoms with E-state index < -0.39 is 24.1 Å². The molecular formula is C27H38F2O5. The Morgan fingerprint density at radius 1 is 1.03 bits per heavy atom. The molecule has 34 heavy (non-hydrogen) atoms. The number of carboxylic acid groups (broad SMARTS) is 1. The monoisotopic (exact) mass is 480 g/mol. The van der Waals surface area contributed by atoms with Gasteiger partial charge in [0, 0.05) is 31.6 Å². The average Bonchev–Trinajstić information content (AvgIpc) is 3.11. The molecule has 0 heterocycles. The van der Waals surface area contributed by atoms with Gasteiger partial charge in [0.1, 0.15) is 5.78 Å². The van der Waals surface area contributed by atoms with Gasteiger partial charge in [-0.2, -0.15) is 8.78 Å². The van der Waals surface area contributed by atoms with Crippen LogP contribution in [0.1, 0.15) is 89.5 Å². The van der Waals surface area contributed by atoms with Gasteiger partial charge in [0.25, 0.3) is 0 Å². The van der Waals surface area contributed by atoms with E-state index in [2.05, 4.69) is 0 Å². The molecule has 2 rings (SSSR count). The maximum absolute atomic E-state index is 14.2. The Morgan fingerprint density at radius 2 is 1.74 bits per heavy atom. The average molecular weight is 481 g/mol. The van der Waals surface area contributed by atoms with E-state index in [0.717, 1.165) is 24.8 Å². The third kappa shape index (κ3) is 9.24. The molecule has 0 radical (unpaired) electrons. The number of alkyl halides is 2. The fourth-order valence-electron chi connectivity index (χ4n) is 4.73. The predicted molar refractivity (Wildman–Crippen MR) is 126 cm³/mol. The van der Waals surface area contributed by atoms with Crippen molar-refractivity contribution in [2.24, 2.45) is 11.8 Å². The van der Waals surface area contributed by atoms with Crippen LogP contribution in [-0.4, -0.2) is 34.7 Å². The molecule has 1 saturated carbocycles. The normalized spacial score (nSPS) is 20.6. The molecule has 1 aliphatic rings. The van der Waals surface area contributed by atoms with Crippen LogP contribution in [0.25, 0.3) is 0 Å². The van der Waals surface area contributed by atoms with Gasteiger partial charge < -0.3 is 9.84 Å². The molecule has 0 bridgehead atoms. The fourth-order valence-corrected chi connectivity index (χ4v) is 4.73. The number of hydrogen-bond acceptors (Lipinski definition) is 4. The van der Waals surface area contributed by atoms with Crippen LogP contribution < -0.4 is 0 Å². The van der Waals surface area contributed by atoms with Gasteiger partial charge in [0.2, 0.25) is 5.78 Å². The Labute approximate surface area is 201 Å². The van der Waals surface area contributed by atoms with Crippen molar-refractivity contribution in [2.45, 2.75) is 103 Å². The van der Waals surface area contributed by atoms with E-state index in [0.29, 0.717) is 32.3 Å². The molecule has 0 aromatic heterocycles. The highest BCUT2D eigenvalue weighted by Crippen LogP contribution is 2.39. The van der Waals surface area contributed by atoms with Crippen molar-refractivity contribution in [3.63, 3.8) is 0 Å². The number of halogens is 2. The SMILES string of the molecule is CCCCC(F)(F)C(=O)CC[C@H]1[C@H](OCc2ccccc2)CC(=O)[C@@H]1CCCCCCC(=O)O. The number of carbonyl (C=O) groups excluding carboxylic acids is 2. The van der Waals surface area contributed by atoms with Gasteiger partial charge in [-0.1, -0.05) is 62.9 Å². The third-order valence-electron chi connectivity index (χ3n) is 6.73. The summed E-state index contributed by atoms with van der Waals surface area (Å²) >= 11 is 0. The van der Waals surface area contributed by atoms with Crippen LogP contribution in [-0.2, 0) is 25.7 Å². The van der Waals surface area contributed by atoms with Crippen molar-refractivity contribution in [2.75, 3.05) is 0 Å². The van der Waals surface area contributed by atoms with Crippen LogP contribution in [0.2, 0.25) is 0 Å². The summed E-state index contributed by atoms with van der Waals surface area (Å²) in [7, 11) is 0. The summed E-state index contributed by atoms with van der Waals surface area (Å²) in [5.41, 5.74) is 0.970. The first-order valence-electron chi connectivity index (χ1n) is 12.6. The number of hydrogen-bond donors (Lipinski definition) is 1. The lowest BCUT2D eigenvalue weighted by molar-refractivity contribution is -0.144. The highest BCUT2D eigenvalue weighted by atomic mass is 19.3. The molecule has 1 N–H and O–H groups in total. The molecule has 1 aromatic carbocycles. The largest absolute Gasteiger partial charge is 0.481 e. The van der Waals surface area contributed by atoms with Gasteiger partial charge in [-0.3, -0.25) is 14.4 Å². The second-order valence-corrected chi connectivity index (χ2v) is 9.39. The lowest BCUT2D eigenvalue weighted by Crippen LogP contribution is -2.31. The molecule has 190 valence electrons. The Kier molecular flexibility index (Phi) is 11.8. The first kappa shape index (κ1) is 28.1. The van der Waals surface area contributed by atoms with Crippen LogP contribution in [0.4, 0.5) is 8.78 Å². The van der Waals surface area contributed by atoms with E-state index >= 15 is 0 Å². The molecule has 0 saturated heterocycles. The van der Waals surface area contributed by atoms with Crippen LogP contribution in [0.15, 0.2) is 30.3 Å². The van der Waals surface area contributed by atoms with Crippen LogP contribution in [0.5, 0.6) is 0 Å². The highest BCUT2D eigenvalue weighted by Gasteiger charge is 2.44. The van der Waals surface area contributed by atoms with E-state index in [1.165, 1.54) is 0 Å². The summed E-state index contributed by atoms with van der Waals surface area (Å²) in [6.45, 7) is 2.14. The van der Waals surface area contributed by atoms with Gasteiger partial charge in [0.15, 0.2) is 0 Å². The Morgan fingerprint density at radius 3 is 2.41 bits per heavy atom. The minimum Gasteiger partial charge on any atom is -0.481 e. The number of benzene rings is 1. The lowest BCUT2D eigenvalue weighted by Gasteiger charge is -2.25. The van der Waals surface area contributed by atoms with Crippen molar-refractivity contribution in [1.29, 1.82) is 0 Å². The number of unbranched alkanes of at least 4 members (excludes halogenated alkanes) is 4. The Hall–Kier alpha value is -2.15. The highest BCUT2D eigenvalue weighted by molar-refractivity contribution is 5.86. The summed E-state index contributed by atoms with van der Waals surface area (Å²) in [6.07, 6.45) is 3.98. The minimum absolute atomic E-state index is 0.0683. The van der Waals surface area contributed by atoms with Gasteiger partial charge in [-0.05, 0) is 37.2 Å².